The minimum absolute atomic E-state index is 0.0205. The Morgan fingerprint density at radius 2 is 1.91 bits per heavy atom. The maximum atomic E-state index is 12.9. The van der Waals surface area contributed by atoms with Crippen molar-refractivity contribution in [2.45, 2.75) is 32.2 Å². The van der Waals surface area contributed by atoms with Crippen LogP contribution in [0.5, 0.6) is 0 Å². The van der Waals surface area contributed by atoms with Crippen molar-refractivity contribution in [2.24, 2.45) is 22.8 Å². The zero-order valence-corrected chi connectivity index (χ0v) is 18.0. The molecule has 3 atom stereocenters. The fourth-order valence-electron chi connectivity index (χ4n) is 4.10. The van der Waals surface area contributed by atoms with Gasteiger partial charge in [0.25, 0.3) is 0 Å². The monoisotopic (exact) mass is 436 g/mol. The van der Waals surface area contributed by atoms with E-state index in [0.29, 0.717) is 19.4 Å². The summed E-state index contributed by atoms with van der Waals surface area (Å²) in [5, 5.41) is 16.0. The van der Waals surface area contributed by atoms with Crippen LogP contribution < -0.4 is 16.1 Å². The molecule has 0 aliphatic carbocycles. The SMILES string of the molecule is CCC(C(=O)O)C(NC(=O)CC1CCN(c2ccc(C=NN)cc2)C1=O)c1ccccc1. The molecule has 0 radical (unpaired) electrons. The van der Waals surface area contributed by atoms with Gasteiger partial charge in [0.05, 0.1) is 18.2 Å². The van der Waals surface area contributed by atoms with Crippen LogP contribution in [0.3, 0.4) is 0 Å². The fraction of sp³-hybridized carbons (Fsp3) is 0.333. The third-order valence-electron chi connectivity index (χ3n) is 5.81. The number of nitrogens with one attached hydrogen (secondary N) is 1. The smallest absolute Gasteiger partial charge is 0.308 e. The summed E-state index contributed by atoms with van der Waals surface area (Å²) in [4.78, 5) is 39.2. The molecule has 0 aromatic heterocycles. The van der Waals surface area contributed by atoms with Crippen molar-refractivity contribution in [1.82, 2.24) is 5.32 Å². The average Bonchev–Trinajstić information content (AvgIpc) is 3.14. The molecule has 0 bridgehead atoms. The van der Waals surface area contributed by atoms with Crippen molar-refractivity contribution < 1.29 is 19.5 Å². The van der Waals surface area contributed by atoms with Crippen LogP contribution in [-0.4, -0.2) is 35.6 Å². The normalized spacial score (nSPS) is 18.0. The summed E-state index contributed by atoms with van der Waals surface area (Å²) in [5.74, 6) is 2.56. The van der Waals surface area contributed by atoms with E-state index in [4.69, 9.17) is 5.84 Å². The molecule has 1 aliphatic rings. The quantitative estimate of drug-likeness (QED) is 0.317. The molecule has 168 valence electrons. The van der Waals surface area contributed by atoms with Gasteiger partial charge in [0, 0.05) is 24.6 Å². The third kappa shape index (κ3) is 5.32. The average molecular weight is 437 g/mol. The molecule has 0 saturated carbocycles. The minimum Gasteiger partial charge on any atom is -0.481 e. The zero-order valence-electron chi connectivity index (χ0n) is 18.0. The van der Waals surface area contributed by atoms with E-state index in [1.165, 1.54) is 6.21 Å². The Bertz CT molecular complexity index is 975. The minimum atomic E-state index is -0.965. The Labute approximate surface area is 187 Å². The number of anilines is 1. The van der Waals surface area contributed by atoms with E-state index in [1.807, 2.05) is 42.5 Å². The lowest BCUT2D eigenvalue weighted by Crippen LogP contribution is -2.38. The van der Waals surface area contributed by atoms with Crippen LogP contribution in [0.25, 0.3) is 0 Å². The molecule has 8 nitrogen and oxygen atoms in total. The number of carboxylic acid groups (broad SMARTS) is 1. The van der Waals surface area contributed by atoms with Crippen LogP contribution in [-0.2, 0) is 14.4 Å². The summed E-state index contributed by atoms with van der Waals surface area (Å²) in [7, 11) is 0. The Balaban J connectivity index is 1.67. The lowest BCUT2D eigenvalue weighted by atomic mass is 9.90. The molecule has 0 spiro atoms. The van der Waals surface area contributed by atoms with Crippen molar-refractivity contribution in [3.8, 4) is 0 Å². The van der Waals surface area contributed by atoms with Gasteiger partial charge < -0.3 is 21.2 Å². The Morgan fingerprint density at radius 1 is 1.22 bits per heavy atom. The van der Waals surface area contributed by atoms with Gasteiger partial charge in [-0.2, -0.15) is 5.10 Å². The van der Waals surface area contributed by atoms with Gasteiger partial charge in [-0.05, 0) is 36.1 Å². The zero-order chi connectivity index (χ0) is 23.1. The van der Waals surface area contributed by atoms with E-state index in [0.717, 1.165) is 16.8 Å². The third-order valence-corrected chi connectivity index (χ3v) is 5.81. The standard InChI is InChI=1S/C24H28N4O4/c1-2-20(24(31)32)22(17-6-4-3-5-7-17)27-21(29)14-18-12-13-28(23(18)30)19-10-8-16(9-11-19)15-26-25/h3-11,15,18,20,22H,2,12-14,25H2,1H3,(H,27,29)(H,31,32). The topological polar surface area (TPSA) is 125 Å². The summed E-state index contributed by atoms with van der Waals surface area (Å²) in [6, 6.07) is 15.7. The number of nitrogens with two attached hydrogens (primary N) is 1. The van der Waals surface area contributed by atoms with Crippen molar-refractivity contribution in [1.29, 1.82) is 0 Å². The number of carbonyl (C=O) groups excluding carboxylic acids is 2. The van der Waals surface area contributed by atoms with Gasteiger partial charge in [0.15, 0.2) is 0 Å². The van der Waals surface area contributed by atoms with E-state index in [-0.39, 0.29) is 18.2 Å². The van der Waals surface area contributed by atoms with Crippen LogP contribution in [0, 0.1) is 11.8 Å². The maximum absolute atomic E-state index is 12.9. The predicted octanol–water partition coefficient (Wildman–Crippen LogP) is 2.69. The number of amides is 2. The van der Waals surface area contributed by atoms with Gasteiger partial charge in [0.2, 0.25) is 11.8 Å². The van der Waals surface area contributed by atoms with Crippen LogP contribution in [0.2, 0.25) is 0 Å². The predicted molar refractivity (Wildman–Crippen MR) is 122 cm³/mol. The fourth-order valence-corrected chi connectivity index (χ4v) is 4.10. The molecule has 3 rings (SSSR count). The maximum Gasteiger partial charge on any atom is 0.308 e. The van der Waals surface area contributed by atoms with Crippen LogP contribution in [0.15, 0.2) is 59.7 Å². The Kier molecular flexibility index (Phi) is 7.59. The first kappa shape index (κ1) is 23.0. The Hall–Kier alpha value is -3.68. The van der Waals surface area contributed by atoms with Crippen molar-refractivity contribution >= 4 is 29.7 Å². The number of hydrogen-bond acceptors (Lipinski definition) is 5. The molecule has 8 heteroatoms. The van der Waals surface area contributed by atoms with Crippen molar-refractivity contribution in [3.05, 3.63) is 65.7 Å². The van der Waals surface area contributed by atoms with Gasteiger partial charge >= 0.3 is 5.97 Å². The van der Waals surface area contributed by atoms with E-state index >= 15 is 0 Å². The number of carboxylic acids is 1. The highest BCUT2D eigenvalue weighted by molar-refractivity contribution is 5.99. The van der Waals surface area contributed by atoms with Gasteiger partial charge in [-0.15, -0.1) is 0 Å². The summed E-state index contributed by atoms with van der Waals surface area (Å²) in [6.45, 7) is 2.31. The summed E-state index contributed by atoms with van der Waals surface area (Å²) < 4.78 is 0. The van der Waals surface area contributed by atoms with E-state index in [1.54, 1.807) is 24.0 Å². The number of benzene rings is 2. The number of hydrazone groups is 1. The van der Waals surface area contributed by atoms with E-state index in [9.17, 15) is 19.5 Å². The highest BCUT2D eigenvalue weighted by Gasteiger charge is 2.35. The van der Waals surface area contributed by atoms with Crippen LogP contribution >= 0.6 is 0 Å². The molecule has 2 aromatic rings. The first-order valence-corrected chi connectivity index (χ1v) is 10.7. The number of carbonyl (C=O) groups is 3. The van der Waals surface area contributed by atoms with Gasteiger partial charge in [0.1, 0.15) is 0 Å². The molecule has 2 amide bonds. The van der Waals surface area contributed by atoms with Crippen molar-refractivity contribution in [2.75, 3.05) is 11.4 Å². The van der Waals surface area contributed by atoms with E-state index < -0.39 is 23.8 Å². The molecule has 1 fully saturated rings. The first-order chi connectivity index (χ1) is 15.4. The lowest BCUT2D eigenvalue weighted by Gasteiger charge is -2.25. The summed E-state index contributed by atoms with van der Waals surface area (Å²) in [5.41, 5.74) is 2.32. The molecule has 1 aliphatic heterocycles. The number of rotatable bonds is 9. The largest absolute Gasteiger partial charge is 0.481 e. The molecule has 1 heterocycles. The molecule has 3 unspecified atom stereocenters. The second kappa shape index (κ2) is 10.6. The molecule has 2 aromatic carbocycles. The molecule has 32 heavy (non-hydrogen) atoms. The molecular weight excluding hydrogens is 408 g/mol. The molecular formula is C24H28N4O4. The highest BCUT2D eigenvalue weighted by atomic mass is 16.4. The molecule has 4 N–H and O–H groups in total. The molecule has 1 saturated heterocycles. The van der Waals surface area contributed by atoms with Crippen LogP contribution in [0.4, 0.5) is 5.69 Å². The summed E-state index contributed by atoms with van der Waals surface area (Å²) in [6.07, 6.45) is 2.47. The van der Waals surface area contributed by atoms with Gasteiger partial charge in [-0.3, -0.25) is 14.4 Å². The van der Waals surface area contributed by atoms with E-state index in [2.05, 4.69) is 10.4 Å². The van der Waals surface area contributed by atoms with Gasteiger partial charge in [-0.1, -0.05) is 49.4 Å². The first-order valence-electron chi connectivity index (χ1n) is 10.7. The lowest BCUT2D eigenvalue weighted by molar-refractivity contribution is -0.143. The second-order valence-electron chi connectivity index (χ2n) is 7.86. The summed E-state index contributed by atoms with van der Waals surface area (Å²) >= 11 is 0. The van der Waals surface area contributed by atoms with Gasteiger partial charge in [-0.25, -0.2) is 0 Å². The highest BCUT2D eigenvalue weighted by Crippen LogP contribution is 2.29. The van der Waals surface area contributed by atoms with Crippen molar-refractivity contribution in [3.63, 3.8) is 0 Å². The Morgan fingerprint density at radius 3 is 2.50 bits per heavy atom. The van der Waals surface area contributed by atoms with Crippen LogP contribution in [0.1, 0.15) is 43.4 Å². The number of hydrogen-bond donors (Lipinski definition) is 3. The number of aliphatic carboxylic acids is 1. The second-order valence-corrected chi connectivity index (χ2v) is 7.86. The number of nitrogens with zero attached hydrogens (tertiary/aromatic N) is 2.